The number of β-amino-alcohol motifs (C(OH)–C–C–N with tert-alkyl or cyclic N) is 1. The number of rotatable bonds is 3. The Balaban J connectivity index is 1.98. The molecule has 2 heterocycles. The molecule has 15 heavy (non-hydrogen) atoms. The Bertz CT molecular complexity index is 311. The second-order valence-corrected chi connectivity index (χ2v) is 5.44. The highest BCUT2D eigenvalue weighted by Crippen LogP contribution is 2.29. The average Bonchev–Trinajstić information content (AvgIpc) is 2.66. The van der Waals surface area contributed by atoms with Crippen LogP contribution in [0, 0.1) is 6.92 Å². The SMILES string of the molecule is Cc1cnc([C@@H]2CCCN(CCO)C2)s1. The molecule has 1 saturated heterocycles. The minimum atomic E-state index is 0.267. The fourth-order valence-electron chi connectivity index (χ4n) is 2.16. The maximum atomic E-state index is 8.92. The lowest BCUT2D eigenvalue weighted by molar-refractivity contribution is 0.161. The Kier molecular flexibility index (Phi) is 3.72. The zero-order chi connectivity index (χ0) is 10.7. The summed E-state index contributed by atoms with van der Waals surface area (Å²) in [6, 6.07) is 0. The molecule has 1 N–H and O–H groups in total. The molecule has 0 radical (unpaired) electrons. The van der Waals surface area contributed by atoms with Crippen LogP contribution >= 0.6 is 11.3 Å². The quantitative estimate of drug-likeness (QED) is 0.851. The van der Waals surface area contributed by atoms with Gasteiger partial charge in [-0.2, -0.15) is 0 Å². The number of thiazole rings is 1. The van der Waals surface area contributed by atoms with Crippen molar-refractivity contribution in [2.75, 3.05) is 26.2 Å². The Labute approximate surface area is 94.8 Å². The van der Waals surface area contributed by atoms with Gasteiger partial charge in [0.1, 0.15) is 0 Å². The van der Waals surface area contributed by atoms with Crippen molar-refractivity contribution in [2.24, 2.45) is 0 Å². The summed E-state index contributed by atoms with van der Waals surface area (Å²) in [5.41, 5.74) is 0. The van der Waals surface area contributed by atoms with E-state index in [1.54, 1.807) is 0 Å². The second kappa shape index (κ2) is 5.05. The molecule has 1 aliphatic heterocycles. The Morgan fingerprint density at radius 2 is 2.53 bits per heavy atom. The van der Waals surface area contributed by atoms with E-state index in [2.05, 4.69) is 16.8 Å². The predicted octanol–water partition coefficient (Wildman–Crippen LogP) is 1.62. The van der Waals surface area contributed by atoms with Gasteiger partial charge in [-0.15, -0.1) is 11.3 Å². The van der Waals surface area contributed by atoms with Crippen molar-refractivity contribution in [3.8, 4) is 0 Å². The van der Waals surface area contributed by atoms with E-state index in [-0.39, 0.29) is 6.61 Å². The summed E-state index contributed by atoms with van der Waals surface area (Å²) < 4.78 is 0. The third-order valence-corrected chi connectivity index (χ3v) is 3.99. The zero-order valence-corrected chi connectivity index (χ0v) is 9.96. The van der Waals surface area contributed by atoms with Gasteiger partial charge < -0.3 is 10.0 Å². The van der Waals surface area contributed by atoms with Crippen LogP contribution in [-0.2, 0) is 0 Å². The summed E-state index contributed by atoms with van der Waals surface area (Å²) in [7, 11) is 0. The van der Waals surface area contributed by atoms with Gasteiger partial charge in [0.15, 0.2) is 0 Å². The molecule has 2 rings (SSSR count). The Morgan fingerprint density at radius 1 is 1.67 bits per heavy atom. The van der Waals surface area contributed by atoms with Gasteiger partial charge in [0.05, 0.1) is 11.6 Å². The summed E-state index contributed by atoms with van der Waals surface area (Å²) in [6.07, 6.45) is 4.43. The van der Waals surface area contributed by atoms with Crippen LogP contribution in [0.1, 0.15) is 28.6 Å². The summed E-state index contributed by atoms with van der Waals surface area (Å²) in [5.74, 6) is 0.587. The monoisotopic (exact) mass is 226 g/mol. The van der Waals surface area contributed by atoms with Crippen LogP contribution in [0.2, 0.25) is 0 Å². The molecule has 84 valence electrons. The lowest BCUT2D eigenvalue weighted by atomic mass is 9.99. The average molecular weight is 226 g/mol. The van der Waals surface area contributed by atoms with E-state index in [1.165, 1.54) is 22.7 Å². The van der Waals surface area contributed by atoms with Crippen LogP contribution in [0.25, 0.3) is 0 Å². The van der Waals surface area contributed by atoms with Gasteiger partial charge in [-0.3, -0.25) is 0 Å². The summed E-state index contributed by atoms with van der Waals surface area (Å²) >= 11 is 1.81. The van der Waals surface area contributed by atoms with Gasteiger partial charge in [-0.05, 0) is 26.3 Å². The normalized spacial score (nSPS) is 23.2. The lowest BCUT2D eigenvalue weighted by Gasteiger charge is -2.31. The minimum absolute atomic E-state index is 0.267. The van der Waals surface area contributed by atoms with Crippen LogP contribution < -0.4 is 0 Å². The highest BCUT2D eigenvalue weighted by molar-refractivity contribution is 7.11. The van der Waals surface area contributed by atoms with Gasteiger partial charge in [-0.25, -0.2) is 4.98 Å². The number of aromatic nitrogens is 1. The maximum Gasteiger partial charge on any atom is 0.0971 e. The summed E-state index contributed by atoms with van der Waals surface area (Å²) in [6.45, 7) is 5.37. The van der Waals surface area contributed by atoms with E-state index in [1.807, 2.05) is 17.5 Å². The molecule has 1 atom stereocenters. The number of hydrogen-bond donors (Lipinski definition) is 1. The predicted molar refractivity (Wildman–Crippen MR) is 62.4 cm³/mol. The molecule has 0 spiro atoms. The molecule has 0 saturated carbocycles. The molecule has 0 unspecified atom stereocenters. The molecule has 4 heteroatoms. The maximum absolute atomic E-state index is 8.92. The smallest absolute Gasteiger partial charge is 0.0971 e. The largest absolute Gasteiger partial charge is 0.395 e. The van der Waals surface area contributed by atoms with Crippen molar-refractivity contribution < 1.29 is 5.11 Å². The highest BCUT2D eigenvalue weighted by atomic mass is 32.1. The van der Waals surface area contributed by atoms with Crippen molar-refractivity contribution in [3.05, 3.63) is 16.1 Å². The molecule has 1 aromatic rings. The number of aliphatic hydroxyl groups excluding tert-OH is 1. The molecule has 1 aromatic heterocycles. The molecule has 0 aromatic carbocycles. The van der Waals surface area contributed by atoms with Gasteiger partial charge in [0.2, 0.25) is 0 Å². The molecule has 0 aliphatic carbocycles. The van der Waals surface area contributed by atoms with Crippen LogP contribution in [-0.4, -0.2) is 41.2 Å². The third-order valence-electron chi connectivity index (χ3n) is 2.91. The number of aliphatic hydroxyl groups is 1. The lowest BCUT2D eigenvalue weighted by Crippen LogP contribution is -2.36. The fraction of sp³-hybridized carbons (Fsp3) is 0.727. The van der Waals surface area contributed by atoms with Crippen LogP contribution in [0.15, 0.2) is 6.20 Å². The molecule has 3 nitrogen and oxygen atoms in total. The van der Waals surface area contributed by atoms with E-state index in [9.17, 15) is 0 Å². The van der Waals surface area contributed by atoms with Crippen molar-refractivity contribution in [1.82, 2.24) is 9.88 Å². The van der Waals surface area contributed by atoms with Gasteiger partial charge in [0, 0.05) is 30.1 Å². The molecule has 0 amide bonds. The first kappa shape index (κ1) is 11.0. The summed E-state index contributed by atoms with van der Waals surface area (Å²) in [4.78, 5) is 8.10. The van der Waals surface area contributed by atoms with Crippen molar-refractivity contribution >= 4 is 11.3 Å². The van der Waals surface area contributed by atoms with Crippen LogP contribution in [0.3, 0.4) is 0 Å². The zero-order valence-electron chi connectivity index (χ0n) is 9.15. The number of piperidine rings is 1. The summed E-state index contributed by atoms with van der Waals surface area (Å²) in [5, 5.41) is 10.2. The topological polar surface area (TPSA) is 36.4 Å². The number of nitrogens with zero attached hydrogens (tertiary/aromatic N) is 2. The van der Waals surface area contributed by atoms with Gasteiger partial charge in [-0.1, -0.05) is 0 Å². The number of likely N-dealkylation sites (tertiary alicyclic amines) is 1. The fourth-order valence-corrected chi connectivity index (χ4v) is 3.06. The van der Waals surface area contributed by atoms with Crippen molar-refractivity contribution in [1.29, 1.82) is 0 Å². The first-order chi connectivity index (χ1) is 7.29. The Morgan fingerprint density at radius 3 is 3.20 bits per heavy atom. The van der Waals surface area contributed by atoms with Crippen LogP contribution in [0.4, 0.5) is 0 Å². The number of hydrogen-bond acceptors (Lipinski definition) is 4. The van der Waals surface area contributed by atoms with E-state index in [4.69, 9.17) is 5.11 Å². The number of aryl methyl sites for hydroxylation is 1. The van der Waals surface area contributed by atoms with Gasteiger partial charge in [0.25, 0.3) is 0 Å². The van der Waals surface area contributed by atoms with E-state index < -0.39 is 0 Å². The standard InChI is InChI=1S/C11H18N2OS/c1-9-7-12-11(15-9)10-3-2-4-13(8-10)5-6-14/h7,10,14H,2-6,8H2,1H3/t10-/m1/s1. The Hall–Kier alpha value is -0.450. The van der Waals surface area contributed by atoms with Crippen molar-refractivity contribution in [3.63, 3.8) is 0 Å². The third kappa shape index (κ3) is 2.77. The molecular weight excluding hydrogens is 208 g/mol. The molecule has 1 aliphatic rings. The van der Waals surface area contributed by atoms with E-state index in [0.717, 1.165) is 19.6 Å². The molecular formula is C11H18N2OS. The highest BCUT2D eigenvalue weighted by Gasteiger charge is 2.22. The van der Waals surface area contributed by atoms with E-state index >= 15 is 0 Å². The first-order valence-corrected chi connectivity index (χ1v) is 6.37. The first-order valence-electron chi connectivity index (χ1n) is 5.55. The molecule has 1 fully saturated rings. The minimum Gasteiger partial charge on any atom is -0.395 e. The van der Waals surface area contributed by atoms with Gasteiger partial charge >= 0.3 is 0 Å². The second-order valence-electron chi connectivity index (χ2n) is 4.17. The van der Waals surface area contributed by atoms with E-state index in [0.29, 0.717) is 5.92 Å². The molecule has 0 bridgehead atoms. The van der Waals surface area contributed by atoms with Crippen molar-refractivity contribution in [2.45, 2.75) is 25.7 Å². The van der Waals surface area contributed by atoms with Crippen LogP contribution in [0.5, 0.6) is 0 Å².